The van der Waals surface area contributed by atoms with E-state index in [1.54, 1.807) is 29.8 Å². The molecule has 0 fully saturated rings. The van der Waals surface area contributed by atoms with E-state index in [4.69, 9.17) is 0 Å². The number of nitrogens with one attached hydrogen (secondary N) is 1. The van der Waals surface area contributed by atoms with Crippen molar-refractivity contribution in [3.05, 3.63) is 89.4 Å². The average Bonchev–Trinajstić information content (AvgIpc) is 3.34. The van der Waals surface area contributed by atoms with Crippen LogP contribution in [0.5, 0.6) is 0 Å². The second-order valence-electron chi connectivity index (χ2n) is 5.88. The van der Waals surface area contributed by atoms with E-state index in [0.717, 1.165) is 5.56 Å². The Bertz CT molecular complexity index is 1080. The molecule has 134 valence electrons. The predicted octanol–water partition coefficient (Wildman–Crippen LogP) is 4.45. The topological polar surface area (TPSA) is 59.8 Å². The van der Waals surface area contributed by atoms with E-state index in [9.17, 15) is 9.18 Å². The highest BCUT2D eigenvalue weighted by atomic mass is 32.1. The zero-order chi connectivity index (χ0) is 18.6. The Morgan fingerprint density at radius 3 is 2.85 bits per heavy atom. The predicted molar refractivity (Wildman–Crippen MR) is 103 cm³/mol. The quantitative estimate of drug-likeness (QED) is 0.558. The molecule has 0 radical (unpaired) electrons. The van der Waals surface area contributed by atoms with Gasteiger partial charge in [-0.2, -0.15) is 5.10 Å². The number of benzene rings is 2. The average molecular weight is 378 g/mol. The summed E-state index contributed by atoms with van der Waals surface area (Å²) in [5, 5.41) is 9.13. The largest absolute Gasteiger partial charge is 0.321 e. The Kier molecular flexibility index (Phi) is 4.76. The molecule has 1 N–H and O–H groups in total. The summed E-state index contributed by atoms with van der Waals surface area (Å²) in [5.74, 6) is -0.685. The molecule has 0 aliphatic rings. The fourth-order valence-electron chi connectivity index (χ4n) is 2.66. The van der Waals surface area contributed by atoms with Crippen molar-refractivity contribution in [3.8, 4) is 10.6 Å². The lowest BCUT2D eigenvalue weighted by Crippen LogP contribution is -2.12. The third kappa shape index (κ3) is 3.93. The number of hydrogen-bond acceptors (Lipinski definition) is 4. The maximum atomic E-state index is 13.9. The summed E-state index contributed by atoms with van der Waals surface area (Å²) in [5.41, 5.74) is 2.34. The van der Waals surface area contributed by atoms with Crippen molar-refractivity contribution in [2.45, 2.75) is 6.54 Å². The number of halogens is 1. The van der Waals surface area contributed by atoms with E-state index in [-0.39, 0.29) is 17.4 Å². The first-order valence-electron chi connectivity index (χ1n) is 8.27. The van der Waals surface area contributed by atoms with E-state index in [1.807, 2.05) is 41.2 Å². The number of hydrogen-bond donors (Lipinski definition) is 1. The van der Waals surface area contributed by atoms with Crippen molar-refractivity contribution in [1.82, 2.24) is 14.8 Å². The summed E-state index contributed by atoms with van der Waals surface area (Å²) in [4.78, 5) is 16.8. The molecular formula is C20H15FN4OS. The van der Waals surface area contributed by atoms with Crippen molar-refractivity contribution >= 4 is 22.9 Å². The van der Waals surface area contributed by atoms with E-state index in [1.165, 1.54) is 17.4 Å². The second-order valence-corrected chi connectivity index (χ2v) is 6.73. The molecule has 4 rings (SSSR count). The van der Waals surface area contributed by atoms with Crippen molar-refractivity contribution in [3.63, 3.8) is 0 Å². The number of carbonyl (C=O) groups excluding carboxylic acids is 1. The van der Waals surface area contributed by atoms with Gasteiger partial charge in [0.1, 0.15) is 16.5 Å². The molecule has 2 aromatic heterocycles. The molecule has 7 heteroatoms. The van der Waals surface area contributed by atoms with Crippen LogP contribution in [0.3, 0.4) is 0 Å². The minimum absolute atomic E-state index is 0.260. The molecule has 0 bridgehead atoms. The van der Waals surface area contributed by atoms with Gasteiger partial charge in [0.15, 0.2) is 0 Å². The summed E-state index contributed by atoms with van der Waals surface area (Å²) in [6, 6.07) is 15.8. The van der Waals surface area contributed by atoms with Gasteiger partial charge >= 0.3 is 0 Å². The zero-order valence-electron chi connectivity index (χ0n) is 14.2. The third-order valence-electron chi connectivity index (χ3n) is 3.93. The van der Waals surface area contributed by atoms with Crippen LogP contribution < -0.4 is 5.32 Å². The number of amides is 1. The summed E-state index contributed by atoms with van der Waals surface area (Å²) in [6.45, 7) is 0.616. The van der Waals surface area contributed by atoms with E-state index in [0.29, 0.717) is 22.8 Å². The van der Waals surface area contributed by atoms with Gasteiger partial charge in [-0.25, -0.2) is 9.37 Å². The lowest BCUT2D eigenvalue weighted by Gasteiger charge is -2.07. The number of carbonyl (C=O) groups is 1. The molecule has 0 aliphatic heterocycles. The molecule has 0 spiro atoms. The number of aromatic nitrogens is 3. The third-order valence-corrected chi connectivity index (χ3v) is 4.81. The van der Waals surface area contributed by atoms with E-state index >= 15 is 0 Å². The van der Waals surface area contributed by atoms with Gasteiger partial charge in [-0.1, -0.05) is 24.3 Å². The maximum Gasteiger partial charge on any atom is 0.275 e. The molecule has 0 saturated heterocycles. The fourth-order valence-corrected chi connectivity index (χ4v) is 3.49. The minimum atomic E-state index is -0.356. The smallest absolute Gasteiger partial charge is 0.275 e. The van der Waals surface area contributed by atoms with Crippen LogP contribution >= 0.6 is 11.3 Å². The van der Waals surface area contributed by atoms with Crippen LogP contribution in [0.15, 0.2) is 72.4 Å². The summed E-state index contributed by atoms with van der Waals surface area (Å²) in [6.07, 6.45) is 3.60. The molecule has 27 heavy (non-hydrogen) atoms. The van der Waals surface area contributed by atoms with Gasteiger partial charge in [0, 0.05) is 29.0 Å². The lowest BCUT2D eigenvalue weighted by atomic mass is 10.2. The molecule has 2 heterocycles. The molecule has 0 unspecified atom stereocenters. The Hall–Kier alpha value is -3.32. The molecule has 1 amide bonds. The zero-order valence-corrected chi connectivity index (χ0v) is 15.0. The lowest BCUT2D eigenvalue weighted by molar-refractivity contribution is 0.102. The Labute approximate surface area is 159 Å². The number of nitrogens with zero attached hydrogens (tertiary/aromatic N) is 3. The summed E-state index contributed by atoms with van der Waals surface area (Å²) in [7, 11) is 0. The van der Waals surface area contributed by atoms with Crippen molar-refractivity contribution < 1.29 is 9.18 Å². The van der Waals surface area contributed by atoms with Gasteiger partial charge in [-0.15, -0.1) is 11.3 Å². The molecule has 0 aliphatic carbocycles. The maximum absolute atomic E-state index is 13.9. The first-order valence-corrected chi connectivity index (χ1v) is 9.15. The van der Waals surface area contributed by atoms with Gasteiger partial charge in [0.2, 0.25) is 0 Å². The van der Waals surface area contributed by atoms with Crippen molar-refractivity contribution in [2.24, 2.45) is 0 Å². The van der Waals surface area contributed by atoms with Crippen LogP contribution in [0.1, 0.15) is 16.1 Å². The van der Waals surface area contributed by atoms with Gasteiger partial charge in [-0.05, 0) is 35.9 Å². The molecule has 0 atom stereocenters. The highest BCUT2D eigenvalue weighted by Crippen LogP contribution is 2.26. The number of thiazole rings is 1. The normalized spacial score (nSPS) is 10.7. The summed E-state index contributed by atoms with van der Waals surface area (Å²) < 4.78 is 15.7. The van der Waals surface area contributed by atoms with Crippen molar-refractivity contribution in [1.29, 1.82) is 0 Å². The molecule has 4 aromatic rings. The first kappa shape index (κ1) is 17.1. The number of rotatable bonds is 5. The van der Waals surface area contributed by atoms with Crippen LogP contribution in [0.25, 0.3) is 10.6 Å². The summed E-state index contributed by atoms with van der Waals surface area (Å²) >= 11 is 1.24. The Morgan fingerprint density at radius 2 is 2.04 bits per heavy atom. The van der Waals surface area contributed by atoms with E-state index < -0.39 is 0 Å². The van der Waals surface area contributed by atoms with E-state index in [2.05, 4.69) is 15.4 Å². The monoisotopic (exact) mass is 378 g/mol. The molecule has 0 saturated carbocycles. The van der Waals surface area contributed by atoms with Crippen LogP contribution in [-0.2, 0) is 6.54 Å². The number of anilines is 1. The fraction of sp³-hybridized carbons (Fsp3) is 0.0500. The first-order chi connectivity index (χ1) is 13.2. The van der Waals surface area contributed by atoms with Crippen molar-refractivity contribution in [2.75, 3.05) is 5.32 Å². The van der Waals surface area contributed by atoms with Crippen LogP contribution in [0, 0.1) is 5.82 Å². The van der Waals surface area contributed by atoms with Gasteiger partial charge in [0.25, 0.3) is 5.91 Å². The molecule has 2 aromatic carbocycles. The molecule has 5 nitrogen and oxygen atoms in total. The van der Waals surface area contributed by atoms with Gasteiger partial charge in [-0.3, -0.25) is 9.48 Å². The minimum Gasteiger partial charge on any atom is -0.321 e. The Morgan fingerprint density at radius 1 is 1.15 bits per heavy atom. The Balaban J connectivity index is 1.49. The van der Waals surface area contributed by atoms with Crippen LogP contribution in [-0.4, -0.2) is 20.7 Å². The SMILES string of the molecule is O=C(Nc1cccc(Cn2cccn2)c1)c1csc(-c2ccccc2F)n1. The van der Waals surface area contributed by atoms with Crippen LogP contribution in [0.2, 0.25) is 0 Å². The van der Waals surface area contributed by atoms with Gasteiger partial charge in [0.05, 0.1) is 6.54 Å². The second kappa shape index (κ2) is 7.51. The molecular weight excluding hydrogens is 363 g/mol. The highest BCUT2D eigenvalue weighted by Gasteiger charge is 2.14. The van der Waals surface area contributed by atoms with Crippen LogP contribution in [0.4, 0.5) is 10.1 Å². The highest BCUT2D eigenvalue weighted by molar-refractivity contribution is 7.13. The van der Waals surface area contributed by atoms with Gasteiger partial charge < -0.3 is 5.32 Å². The standard InChI is InChI=1S/C20H15FN4OS/c21-17-8-2-1-7-16(17)20-24-18(13-27-20)19(26)23-15-6-3-5-14(11-15)12-25-10-4-9-22-25/h1-11,13H,12H2,(H,23,26).